The Bertz CT molecular complexity index is 616. The molecule has 2 rings (SSSR count). The van der Waals surface area contributed by atoms with Crippen LogP contribution in [0.15, 0.2) is 18.3 Å². The van der Waals surface area contributed by atoms with Crippen molar-refractivity contribution < 1.29 is 22.7 Å². The molecule has 0 amide bonds. The number of ether oxygens (including phenoxy) is 1. The molecular weight excluding hydrogens is 308 g/mol. The van der Waals surface area contributed by atoms with E-state index in [9.17, 15) is 18.0 Å². The molecule has 22 heavy (non-hydrogen) atoms. The number of carbonyl (C=O) groups is 2. The minimum Gasteiger partial charge on any atom is -0.457 e. The Morgan fingerprint density at radius 1 is 1.36 bits per heavy atom. The van der Waals surface area contributed by atoms with E-state index in [4.69, 9.17) is 4.74 Å². The lowest BCUT2D eigenvalue weighted by Gasteiger charge is -2.29. The molecule has 1 aromatic rings. The maximum atomic E-state index is 11.9. The first-order chi connectivity index (χ1) is 10.4. The van der Waals surface area contributed by atoms with Gasteiger partial charge in [-0.05, 0) is 31.9 Å². The lowest BCUT2D eigenvalue weighted by molar-refractivity contribution is -0.148. The SMILES string of the molecule is CCS(=O)(=O)N1CCC(C(=O)OCC(=O)c2ccc[nH]2)CC1. The third kappa shape index (κ3) is 3.95. The number of H-pyrrole nitrogens is 1. The van der Waals surface area contributed by atoms with Crippen molar-refractivity contribution in [1.29, 1.82) is 0 Å². The second-order valence-electron chi connectivity index (χ2n) is 5.19. The van der Waals surface area contributed by atoms with E-state index in [0.29, 0.717) is 31.6 Å². The Hall–Kier alpha value is -1.67. The number of piperidine rings is 1. The summed E-state index contributed by atoms with van der Waals surface area (Å²) in [7, 11) is -3.20. The van der Waals surface area contributed by atoms with E-state index in [1.807, 2.05) is 0 Å². The molecule has 0 bridgehead atoms. The van der Waals surface area contributed by atoms with Crippen LogP contribution in [0.4, 0.5) is 0 Å². The Morgan fingerprint density at radius 2 is 2.05 bits per heavy atom. The maximum Gasteiger partial charge on any atom is 0.309 e. The van der Waals surface area contributed by atoms with E-state index < -0.39 is 16.0 Å². The number of hydrogen-bond donors (Lipinski definition) is 1. The van der Waals surface area contributed by atoms with Gasteiger partial charge in [0.15, 0.2) is 6.61 Å². The van der Waals surface area contributed by atoms with E-state index >= 15 is 0 Å². The molecular formula is C14H20N2O5S. The van der Waals surface area contributed by atoms with E-state index in [1.54, 1.807) is 25.3 Å². The second kappa shape index (κ2) is 7.06. The van der Waals surface area contributed by atoms with Crippen LogP contribution in [-0.4, -0.2) is 54.9 Å². The molecule has 0 unspecified atom stereocenters. The Morgan fingerprint density at radius 3 is 2.59 bits per heavy atom. The summed E-state index contributed by atoms with van der Waals surface area (Å²) in [5.74, 6) is -1.01. The van der Waals surface area contributed by atoms with Crippen molar-refractivity contribution in [1.82, 2.24) is 9.29 Å². The van der Waals surface area contributed by atoms with Crippen molar-refractivity contribution in [2.24, 2.45) is 5.92 Å². The van der Waals surface area contributed by atoms with Gasteiger partial charge < -0.3 is 9.72 Å². The number of Topliss-reactive ketones (excluding diaryl/α,β-unsaturated/α-hetero) is 1. The summed E-state index contributed by atoms with van der Waals surface area (Å²) in [6, 6.07) is 3.31. The van der Waals surface area contributed by atoms with Gasteiger partial charge in [0.2, 0.25) is 15.8 Å². The Kier molecular flexibility index (Phi) is 5.36. The van der Waals surface area contributed by atoms with Gasteiger partial charge in [0.05, 0.1) is 17.4 Å². The summed E-state index contributed by atoms with van der Waals surface area (Å²) in [5, 5.41) is 0. The van der Waals surface area contributed by atoms with Crippen molar-refractivity contribution in [3.05, 3.63) is 24.0 Å². The van der Waals surface area contributed by atoms with Crippen LogP contribution in [0, 0.1) is 5.92 Å². The smallest absolute Gasteiger partial charge is 0.309 e. The van der Waals surface area contributed by atoms with E-state index in [2.05, 4.69) is 4.98 Å². The average molecular weight is 328 g/mol. The molecule has 0 aliphatic carbocycles. The highest BCUT2D eigenvalue weighted by Crippen LogP contribution is 2.21. The zero-order valence-electron chi connectivity index (χ0n) is 12.4. The molecule has 0 radical (unpaired) electrons. The highest BCUT2D eigenvalue weighted by atomic mass is 32.2. The van der Waals surface area contributed by atoms with Crippen LogP contribution in [0.25, 0.3) is 0 Å². The highest BCUT2D eigenvalue weighted by molar-refractivity contribution is 7.89. The van der Waals surface area contributed by atoms with Crippen LogP contribution in [-0.2, 0) is 19.6 Å². The first-order valence-corrected chi connectivity index (χ1v) is 8.86. The fourth-order valence-electron chi connectivity index (χ4n) is 2.39. The monoisotopic (exact) mass is 328 g/mol. The predicted molar refractivity (Wildman–Crippen MR) is 79.8 cm³/mol. The number of sulfonamides is 1. The first kappa shape index (κ1) is 16.7. The molecule has 122 valence electrons. The zero-order chi connectivity index (χ0) is 16.2. The molecule has 0 aromatic carbocycles. The maximum absolute atomic E-state index is 11.9. The number of esters is 1. The third-order valence-corrected chi connectivity index (χ3v) is 5.67. The zero-order valence-corrected chi connectivity index (χ0v) is 13.3. The standard InChI is InChI=1S/C14H20N2O5S/c1-2-22(19,20)16-8-5-11(6-9-16)14(18)21-10-13(17)12-4-3-7-15-12/h3-4,7,11,15H,2,5-6,8-10H2,1H3. The van der Waals surface area contributed by atoms with Gasteiger partial charge in [0.25, 0.3) is 0 Å². The van der Waals surface area contributed by atoms with Gasteiger partial charge in [-0.2, -0.15) is 0 Å². The number of rotatable bonds is 6. The molecule has 8 heteroatoms. The predicted octanol–water partition coefficient (Wildman–Crippen LogP) is 0.802. The van der Waals surface area contributed by atoms with Gasteiger partial charge in [0.1, 0.15) is 0 Å². The molecule has 1 fully saturated rings. The van der Waals surface area contributed by atoms with Crippen LogP contribution < -0.4 is 0 Å². The summed E-state index contributed by atoms with van der Waals surface area (Å²) in [6.45, 7) is 1.94. The Labute approximate surface area is 129 Å². The lowest BCUT2D eigenvalue weighted by atomic mass is 9.98. The second-order valence-corrected chi connectivity index (χ2v) is 7.45. The van der Waals surface area contributed by atoms with Crippen LogP contribution >= 0.6 is 0 Å². The largest absolute Gasteiger partial charge is 0.457 e. The quantitative estimate of drug-likeness (QED) is 0.615. The summed E-state index contributed by atoms with van der Waals surface area (Å²) in [6.07, 6.45) is 2.47. The van der Waals surface area contributed by atoms with E-state index in [-0.39, 0.29) is 24.1 Å². The van der Waals surface area contributed by atoms with Crippen molar-refractivity contribution in [3.63, 3.8) is 0 Å². The molecule has 1 aliphatic heterocycles. The molecule has 1 N–H and O–H groups in total. The van der Waals surface area contributed by atoms with Crippen LogP contribution in [0.3, 0.4) is 0 Å². The number of aromatic amines is 1. The minimum absolute atomic E-state index is 0.0623. The van der Waals surface area contributed by atoms with Gasteiger partial charge in [0, 0.05) is 19.3 Å². The molecule has 7 nitrogen and oxygen atoms in total. The van der Waals surface area contributed by atoms with Crippen molar-refractivity contribution in [2.45, 2.75) is 19.8 Å². The average Bonchev–Trinajstić information content (AvgIpc) is 3.07. The van der Waals surface area contributed by atoms with Crippen molar-refractivity contribution >= 4 is 21.8 Å². The molecule has 0 saturated carbocycles. The topological polar surface area (TPSA) is 96.5 Å². The van der Waals surface area contributed by atoms with Crippen molar-refractivity contribution in [3.8, 4) is 0 Å². The molecule has 1 aromatic heterocycles. The van der Waals surface area contributed by atoms with Gasteiger partial charge in [-0.15, -0.1) is 0 Å². The summed E-state index contributed by atoms with van der Waals surface area (Å²) < 4.78 is 29.9. The number of carbonyl (C=O) groups excluding carboxylic acids is 2. The number of nitrogens with one attached hydrogen (secondary N) is 1. The first-order valence-electron chi connectivity index (χ1n) is 7.25. The van der Waals surface area contributed by atoms with Crippen LogP contribution in [0.2, 0.25) is 0 Å². The van der Waals surface area contributed by atoms with Gasteiger partial charge in [-0.25, -0.2) is 12.7 Å². The lowest BCUT2D eigenvalue weighted by Crippen LogP contribution is -2.41. The number of nitrogens with zero attached hydrogens (tertiary/aromatic N) is 1. The van der Waals surface area contributed by atoms with Crippen LogP contribution in [0.5, 0.6) is 0 Å². The molecule has 0 spiro atoms. The highest BCUT2D eigenvalue weighted by Gasteiger charge is 2.31. The molecule has 2 heterocycles. The normalized spacial score (nSPS) is 17.3. The molecule has 0 atom stereocenters. The van der Waals surface area contributed by atoms with Gasteiger partial charge in [-0.3, -0.25) is 9.59 Å². The number of aromatic nitrogens is 1. The third-order valence-electron chi connectivity index (χ3n) is 3.79. The fraction of sp³-hybridized carbons (Fsp3) is 0.571. The van der Waals surface area contributed by atoms with E-state index in [1.165, 1.54) is 4.31 Å². The van der Waals surface area contributed by atoms with Gasteiger partial charge in [-0.1, -0.05) is 0 Å². The summed E-state index contributed by atoms with van der Waals surface area (Å²) in [4.78, 5) is 26.4. The van der Waals surface area contributed by atoms with Crippen LogP contribution in [0.1, 0.15) is 30.3 Å². The Balaban J connectivity index is 1.79. The van der Waals surface area contributed by atoms with Crippen molar-refractivity contribution in [2.75, 3.05) is 25.4 Å². The number of hydrogen-bond acceptors (Lipinski definition) is 5. The fourth-order valence-corrected chi connectivity index (χ4v) is 3.52. The van der Waals surface area contributed by atoms with Gasteiger partial charge >= 0.3 is 5.97 Å². The molecule has 1 aliphatic rings. The van der Waals surface area contributed by atoms with E-state index in [0.717, 1.165) is 0 Å². The summed E-state index contributed by atoms with van der Waals surface area (Å²) >= 11 is 0. The minimum atomic E-state index is -3.20. The summed E-state index contributed by atoms with van der Waals surface area (Å²) in [5.41, 5.74) is 0.400. The molecule has 1 saturated heterocycles. The number of ketones is 1.